The van der Waals surface area contributed by atoms with Crippen molar-refractivity contribution in [2.75, 3.05) is 0 Å². The number of hydrogen-bond donors (Lipinski definition) is 1. The topological polar surface area (TPSA) is 41.5 Å². The summed E-state index contributed by atoms with van der Waals surface area (Å²) in [7, 11) is 0. The number of amides is 1. The van der Waals surface area contributed by atoms with E-state index in [9.17, 15) is 4.79 Å². The molecule has 0 bridgehead atoms. The third kappa shape index (κ3) is 3.52. The van der Waals surface area contributed by atoms with Crippen LogP contribution < -0.4 is 5.43 Å². The van der Waals surface area contributed by atoms with E-state index in [0.29, 0.717) is 10.6 Å². The molecule has 118 valence electrons. The summed E-state index contributed by atoms with van der Waals surface area (Å²) in [5.74, 6) is -0.480. The third-order valence-corrected chi connectivity index (χ3v) is 5.00. The van der Waals surface area contributed by atoms with Crippen molar-refractivity contribution in [2.24, 2.45) is 11.0 Å². The van der Waals surface area contributed by atoms with Crippen LogP contribution in [-0.2, 0) is 0 Å². The Labute approximate surface area is 149 Å². The van der Waals surface area contributed by atoms with Gasteiger partial charge < -0.3 is 0 Å². The number of hydrazone groups is 1. The number of carbonyl (C=O) groups excluding carboxylic acids is 1. The van der Waals surface area contributed by atoms with Crippen molar-refractivity contribution < 1.29 is 4.79 Å². The minimum Gasteiger partial charge on any atom is -0.267 e. The lowest BCUT2D eigenvalue weighted by atomic mass is 10.1. The second-order valence-corrected chi connectivity index (χ2v) is 7.20. The molecule has 2 aromatic rings. The van der Waals surface area contributed by atoms with Gasteiger partial charge in [-0.2, -0.15) is 5.10 Å². The lowest BCUT2D eigenvalue weighted by molar-refractivity contribution is 0.0955. The van der Waals surface area contributed by atoms with E-state index < -0.39 is 4.33 Å². The summed E-state index contributed by atoms with van der Waals surface area (Å²) in [6, 6.07) is 16.3. The van der Waals surface area contributed by atoms with Crippen LogP contribution in [0.15, 0.2) is 59.7 Å². The van der Waals surface area contributed by atoms with E-state index >= 15 is 0 Å². The van der Waals surface area contributed by atoms with Crippen molar-refractivity contribution in [3.05, 3.63) is 70.7 Å². The van der Waals surface area contributed by atoms with E-state index in [2.05, 4.69) is 10.5 Å². The molecule has 1 amide bonds. The summed E-state index contributed by atoms with van der Waals surface area (Å²) < 4.78 is -0.893. The second kappa shape index (κ2) is 6.52. The molecule has 3 nitrogen and oxygen atoms in total. The zero-order valence-corrected chi connectivity index (χ0v) is 14.2. The van der Waals surface area contributed by atoms with Gasteiger partial charge in [-0.1, -0.05) is 41.9 Å². The smallest absolute Gasteiger partial charge is 0.267 e. The Hall–Kier alpha value is -1.55. The van der Waals surface area contributed by atoms with Gasteiger partial charge in [0.1, 0.15) is 4.33 Å². The normalized spacial score (nSPS) is 22.0. The van der Waals surface area contributed by atoms with Gasteiger partial charge in [0.05, 0.1) is 0 Å². The number of rotatable bonds is 4. The highest BCUT2D eigenvalue weighted by atomic mass is 35.5. The first-order valence-electron chi connectivity index (χ1n) is 7.02. The Morgan fingerprint density at radius 1 is 1.09 bits per heavy atom. The molecule has 6 heteroatoms. The first-order chi connectivity index (χ1) is 11.0. The van der Waals surface area contributed by atoms with Crippen LogP contribution in [0.2, 0.25) is 5.02 Å². The SMILES string of the molecule is O=C(N/N=C\[C@H]1[C@H](c2ccccc2)C1(Cl)Cl)c1ccc(Cl)cc1. The number of nitrogens with zero attached hydrogens (tertiary/aromatic N) is 1. The molecule has 0 aliphatic heterocycles. The molecule has 0 aromatic heterocycles. The summed E-state index contributed by atoms with van der Waals surface area (Å²) in [4.78, 5) is 11.9. The van der Waals surface area contributed by atoms with E-state index in [4.69, 9.17) is 34.8 Å². The number of hydrogen-bond acceptors (Lipinski definition) is 2. The molecule has 0 spiro atoms. The zero-order valence-electron chi connectivity index (χ0n) is 11.9. The first-order valence-corrected chi connectivity index (χ1v) is 8.15. The van der Waals surface area contributed by atoms with Crippen LogP contribution >= 0.6 is 34.8 Å². The van der Waals surface area contributed by atoms with Crippen molar-refractivity contribution in [1.29, 1.82) is 0 Å². The van der Waals surface area contributed by atoms with Crippen LogP contribution in [0, 0.1) is 5.92 Å². The average Bonchev–Trinajstić information content (AvgIpc) is 3.09. The van der Waals surface area contributed by atoms with Crippen molar-refractivity contribution in [1.82, 2.24) is 5.43 Å². The molecule has 0 heterocycles. The van der Waals surface area contributed by atoms with E-state index in [-0.39, 0.29) is 17.7 Å². The molecule has 1 fully saturated rings. The maximum atomic E-state index is 11.9. The van der Waals surface area contributed by atoms with Crippen LogP contribution in [-0.4, -0.2) is 16.5 Å². The van der Waals surface area contributed by atoms with Gasteiger partial charge in [0.2, 0.25) is 0 Å². The zero-order chi connectivity index (χ0) is 16.4. The van der Waals surface area contributed by atoms with E-state index in [1.807, 2.05) is 30.3 Å². The molecule has 3 rings (SSSR count). The lowest BCUT2D eigenvalue weighted by Gasteiger charge is -1.99. The van der Waals surface area contributed by atoms with Crippen molar-refractivity contribution in [3.8, 4) is 0 Å². The van der Waals surface area contributed by atoms with Crippen LogP contribution in [0.3, 0.4) is 0 Å². The summed E-state index contributed by atoms with van der Waals surface area (Å²) in [5.41, 5.74) is 4.00. The molecular formula is C17H13Cl3N2O. The fraction of sp³-hybridized carbons (Fsp3) is 0.176. The number of nitrogens with one attached hydrogen (secondary N) is 1. The molecule has 2 aromatic carbocycles. The largest absolute Gasteiger partial charge is 0.271 e. The predicted octanol–water partition coefficient (Wildman–Crippen LogP) is 4.64. The fourth-order valence-corrected chi connectivity index (χ4v) is 3.36. The predicted molar refractivity (Wildman–Crippen MR) is 94.5 cm³/mol. The van der Waals surface area contributed by atoms with Gasteiger partial charge in [-0.05, 0) is 29.8 Å². The van der Waals surface area contributed by atoms with Crippen molar-refractivity contribution >= 4 is 46.9 Å². The average molecular weight is 368 g/mol. The molecule has 0 radical (unpaired) electrons. The van der Waals surface area contributed by atoms with Gasteiger partial charge >= 0.3 is 0 Å². The minimum atomic E-state index is -0.893. The van der Waals surface area contributed by atoms with Crippen LogP contribution in [0.4, 0.5) is 0 Å². The second-order valence-electron chi connectivity index (χ2n) is 5.31. The quantitative estimate of drug-likeness (QED) is 0.477. The van der Waals surface area contributed by atoms with Gasteiger partial charge in [-0.15, -0.1) is 23.2 Å². The molecule has 0 saturated heterocycles. The molecule has 1 saturated carbocycles. The van der Waals surface area contributed by atoms with Gasteiger partial charge in [0, 0.05) is 28.6 Å². The minimum absolute atomic E-state index is 0.0248. The van der Waals surface area contributed by atoms with Crippen LogP contribution in [0.25, 0.3) is 0 Å². The van der Waals surface area contributed by atoms with Crippen molar-refractivity contribution in [2.45, 2.75) is 10.3 Å². The Balaban J connectivity index is 1.62. The molecular weight excluding hydrogens is 355 g/mol. The Morgan fingerprint density at radius 2 is 1.74 bits per heavy atom. The summed E-state index contributed by atoms with van der Waals surface area (Å²) in [6.45, 7) is 0. The first kappa shape index (κ1) is 16.3. The Morgan fingerprint density at radius 3 is 2.39 bits per heavy atom. The van der Waals surface area contributed by atoms with Crippen LogP contribution in [0.5, 0.6) is 0 Å². The van der Waals surface area contributed by atoms with Gasteiger partial charge in [0.15, 0.2) is 0 Å². The number of benzene rings is 2. The maximum absolute atomic E-state index is 11.9. The highest BCUT2D eigenvalue weighted by Crippen LogP contribution is 2.63. The monoisotopic (exact) mass is 366 g/mol. The van der Waals surface area contributed by atoms with Gasteiger partial charge in [-0.3, -0.25) is 4.79 Å². The van der Waals surface area contributed by atoms with E-state index in [1.54, 1.807) is 30.5 Å². The summed E-state index contributed by atoms with van der Waals surface area (Å²) >= 11 is 18.4. The Kier molecular flexibility index (Phi) is 4.62. The lowest BCUT2D eigenvalue weighted by Crippen LogP contribution is -2.17. The van der Waals surface area contributed by atoms with Crippen LogP contribution in [0.1, 0.15) is 21.8 Å². The molecule has 1 aliphatic rings. The Bertz CT molecular complexity index is 729. The molecule has 1 aliphatic carbocycles. The molecule has 0 unspecified atom stereocenters. The number of alkyl halides is 2. The number of halogens is 3. The van der Waals surface area contributed by atoms with Crippen molar-refractivity contribution in [3.63, 3.8) is 0 Å². The highest BCUT2D eigenvalue weighted by Gasteiger charge is 2.63. The molecule has 1 N–H and O–H groups in total. The van der Waals surface area contributed by atoms with Gasteiger partial charge in [0.25, 0.3) is 5.91 Å². The van der Waals surface area contributed by atoms with E-state index in [1.165, 1.54) is 0 Å². The van der Waals surface area contributed by atoms with Gasteiger partial charge in [-0.25, -0.2) is 5.43 Å². The third-order valence-electron chi connectivity index (χ3n) is 3.78. The molecule has 2 atom stereocenters. The standard InChI is InChI=1S/C17H13Cl3N2O/c18-13-8-6-12(7-9-13)16(23)22-21-10-14-15(17(14,19)20)11-4-2-1-3-5-11/h1-10,14-15H,(H,22,23)/b21-10-/t14-,15-/m0/s1. The number of carbonyl (C=O) groups is 1. The summed E-state index contributed by atoms with van der Waals surface area (Å²) in [6.07, 6.45) is 1.59. The highest BCUT2D eigenvalue weighted by molar-refractivity contribution is 6.53. The van der Waals surface area contributed by atoms with E-state index in [0.717, 1.165) is 5.56 Å². The molecule has 23 heavy (non-hydrogen) atoms. The maximum Gasteiger partial charge on any atom is 0.271 e. The summed E-state index contributed by atoms with van der Waals surface area (Å²) in [5, 5.41) is 4.55. The fourth-order valence-electron chi connectivity index (χ4n) is 2.47.